The molecule has 1 aliphatic heterocycles. The highest BCUT2D eigenvalue weighted by molar-refractivity contribution is 5.94. The second kappa shape index (κ2) is 7.38. The number of rotatable bonds is 4. The summed E-state index contributed by atoms with van der Waals surface area (Å²) in [7, 11) is 3.95. The maximum absolute atomic E-state index is 12.1. The van der Waals surface area contributed by atoms with Crippen LogP contribution >= 0.6 is 0 Å². The summed E-state index contributed by atoms with van der Waals surface area (Å²) in [5.74, 6) is 0.104. The molecule has 0 saturated carbocycles. The summed E-state index contributed by atoms with van der Waals surface area (Å²) >= 11 is 0. The Bertz CT molecular complexity index is 754. The van der Waals surface area contributed by atoms with E-state index in [-0.39, 0.29) is 18.0 Å². The Morgan fingerprint density at radius 3 is 2.40 bits per heavy atom. The fourth-order valence-corrected chi connectivity index (χ4v) is 3.82. The summed E-state index contributed by atoms with van der Waals surface area (Å²) < 4.78 is 0. The van der Waals surface area contributed by atoms with E-state index in [1.54, 1.807) is 6.92 Å². The molecule has 4 nitrogen and oxygen atoms in total. The van der Waals surface area contributed by atoms with Crippen LogP contribution in [0, 0.1) is 0 Å². The molecule has 1 amide bonds. The van der Waals surface area contributed by atoms with E-state index < -0.39 is 0 Å². The van der Waals surface area contributed by atoms with E-state index in [4.69, 9.17) is 0 Å². The molecule has 1 aliphatic rings. The zero-order chi connectivity index (χ0) is 18.0. The van der Waals surface area contributed by atoms with Crippen molar-refractivity contribution in [3.8, 4) is 11.1 Å². The van der Waals surface area contributed by atoms with E-state index in [1.165, 1.54) is 22.3 Å². The molecule has 3 rings (SSSR count). The lowest BCUT2D eigenvalue weighted by Crippen LogP contribution is -2.44. The third-order valence-corrected chi connectivity index (χ3v) is 5.04. The van der Waals surface area contributed by atoms with Crippen molar-refractivity contribution in [1.29, 1.82) is 0 Å². The van der Waals surface area contributed by atoms with Crippen LogP contribution in [-0.4, -0.2) is 26.0 Å². The van der Waals surface area contributed by atoms with Crippen LogP contribution in [0.25, 0.3) is 11.1 Å². The van der Waals surface area contributed by atoms with E-state index in [9.17, 15) is 4.79 Å². The molecular formula is C21H27N3O. The number of carbonyl (C=O) groups is 1. The summed E-state index contributed by atoms with van der Waals surface area (Å²) in [6.45, 7) is 4.63. The van der Waals surface area contributed by atoms with Gasteiger partial charge in [-0.1, -0.05) is 30.3 Å². The van der Waals surface area contributed by atoms with Gasteiger partial charge in [0.25, 0.3) is 0 Å². The van der Waals surface area contributed by atoms with Gasteiger partial charge < -0.3 is 15.5 Å². The van der Waals surface area contributed by atoms with Gasteiger partial charge in [0.1, 0.15) is 0 Å². The quantitative estimate of drug-likeness (QED) is 0.898. The van der Waals surface area contributed by atoms with Gasteiger partial charge in [0.05, 0.1) is 0 Å². The molecule has 4 heteroatoms. The maximum atomic E-state index is 12.1. The number of amides is 1. The molecule has 0 aliphatic carbocycles. The van der Waals surface area contributed by atoms with Crippen molar-refractivity contribution in [3.63, 3.8) is 0 Å². The molecule has 0 aromatic heterocycles. The number of fused-ring (bicyclic) bond motifs is 1. The first-order valence-electron chi connectivity index (χ1n) is 8.90. The van der Waals surface area contributed by atoms with Crippen molar-refractivity contribution >= 4 is 11.6 Å². The molecule has 132 valence electrons. The maximum Gasteiger partial charge on any atom is 0.224 e. The highest BCUT2D eigenvalue weighted by Crippen LogP contribution is 2.39. The average molecular weight is 337 g/mol. The van der Waals surface area contributed by atoms with Gasteiger partial charge in [-0.2, -0.15) is 0 Å². The van der Waals surface area contributed by atoms with Crippen LogP contribution in [-0.2, 0) is 11.3 Å². The van der Waals surface area contributed by atoms with Gasteiger partial charge in [0.2, 0.25) is 5.91 Å². The highest BCUT2D eigenvalue weighted by atomic mass is 16.2. The minimum atomic E-state index is 0.104. The van der Waals surface area contributed by atoms with E-state index >= 15 is 0 Å². The smallest absolute Gasteiger partial charge is 0.224 e. The zero-order valence-electron chi connectivity index (χ0n) is 15.5. The van der Waals surface area contributed by atoms with Crippen LogP contribution in [0.15, 0.2) is 42.5 Å². The van der Waals surface area contributed by atoms with E-state index in [0.29, 0.717) is 0 Å². The lowest BCUT2D eigenvalue weighted by Gasteiger charge is -2.39. The molecular weight excluding hydrogens is 310 g/mol. The normalized spacial score (nSPS) is 19.6. The van der Waals surface area contributed by atoms with E-state index in [0.717, 1.165) is 18.7 Å². The first-order chi connectivity index (χ1) is 12.0. The molecule has 0 unspecified atom stereocenters. The largest absolute Gasteiger partial charge is 0.316 e. The SMILES string of the molecule is CNCc1ccc(-c2ccc3c(c2)[C@H](NC)C[C@H](C)N3C(C)=O)cc1. The lowest BCUT2D eigenvalue weighted by atomic mass is 9.89. The Balaban J connectivity index is 2.01. The predicted octanol–water partition coefficient (Wildman–Crippen LogP) is 3.48. The Kier molecular flexibility index (Phi) is 5.21. The summed E-state index contributed by atoms with van der Waals surface area (Å²) in [5, 5.41) is 6.58. The van der Waals surface area contributed by atoms with Crippen molar-refractivity contribution in [1.82, 2.24) is 10.6 Å². The summed E-state index contributed by atoms with van der Waals surface area (Å²) in [5.41, 5.74) is 5.89. The van der Waals surface area contributed by atoms with Gasteiger partial charge in [-0.25, -0.2) is 0 Å². The molecule has 0 spiro atoms. The lowest BCUT2D eigenvalue weighted by molar-refractivity contribution is -0.117. The van der Waals surface area contributed by atoms with Crippen molar-refractivity contribution in [2.75, 3.05) is 19.0 Å². The van der Waals surface area contributed by atoms with E-state index in [1.807, 2.05) is 19.0 Å². The monoisotopic (exact) mass is 337 g/mol. The molecule has 2 N–H and O–H groups in total. The third-order valence-electron chi connectivity index (χ3n) is 5.04. The number of hydrogen-bond donors (Lipinski definition) is 2. The van der Waals surface area contributed by atoms with Gasteiger partial charge in [0, 0.05) is 31.2 Å². The van der Waals surface area contributed by atoms with Crippen LogP contribution in [0.2, 0.25) is 0 Å². The predicted molar refractivity (Wildman–Crippen MR) is 104 cm³/mol. The number of carbonyl (C=O) groups excluding carboxylic acids is 1. The minimum Gasteiger partial charge on any atom is -0.316 e. The molecule has 2 aromatic rings. The fraction of sp³-hybridized carbons (Fsp3) is 0.381. The second-order valence-corrected chi connectivity index (χ2v) is 6.82. The van der Waals surface area contributed by atoms with Crippen molar-refractivity contribution in [2.45, 2.75) is 38.9 Å². The fourth-order valence-electron chi connectivity index (χ4n) is 3.82. The van der Waals surface area contributed by atoms with Gasteiger partial charge in [-0.05, 0) is 61.8 Å². The second-order valence-electron chi connectivity index (χ2n) is 6.82. The van der Waals surface area contributed by atoms with Crippen LogP contribution in [0.3, 0.4) is 0 Å². The molecule has 0 bridgehead atoms. The number of hydrogen-bond acceptors (Lipinski definition) is 3. The Morgan fingerprint density at radius 2 is 1.80 bits per heavy atom. The van der Waals surface area contributed by atoms with Gasteiger partial charge in [-0.15, -0.1) is 0 Å². The zero-order valence-corrected chi connectivity index (χ0v) is 15.5. The molecule has 25 heavy (non-hydrogen) atoms. The van der Waals surface area contributed by atoms with Crippen molar-refractivity contribution < 1.29 is 4.79 Å². The van der Waals surface area contributed by atoms with Crippen molar-refractivity contribution in [2.24, 2.45) is 0 Å². The summed E-state index contributed by atoms with van der Waals surface area (Å²) in [4.78, 5) is 14.0. The number of benzene rings is 2. The van der Waals surface area contributed by atoms with Gasteiger partial charge >= 0.3 is 0 Å². The minimum absolute atomic E-state index is 0.104. The Morgan fingerprint density at radius 1 is 1.12 bits per heavy atom. The molecule has 2 aromatic carbocycles. The molecule has 0 saturated heterocycles. The first kappa shape index (κ1) is 17.6. The van der Waals surface area contributed by atoms with Crippen molar-refractivity contribution in [3.05, 3.63) is 53.6 Å². The van der Waals surface area contributed by atoms with Gasteiger partial charge in [0.15, 0.2) is 0 Å². The number of nitrogens with zero attached hydrogens (tertiary/aromatic N) is 1. The van der Waals surface area contributed by atoms with Crippen LogP contribution in [0.4, 0.5) is 5.69 Å². The molecule has 2 atom stereocenters. The van der Waals surface area contributed by atoms with Crippen LogP contribution < -0.4 is 15.5 Å². The molecule has 0 fully saturated rings. The standard InChI is InChI=1S/C21H27N3O/c1-14-11-20(23-4)19-12-18(9-10-21(19)24(14)15(2)25)17-7-5-16(6-8-17)13-22-3/h5-10,12,14,20,22-23H,11,13H2,1-4H3/t14-,20+/m0/s1. The van der Waals surface area contributed by atoms with E-state index in [2.05, 4.69) is 60.0 Å². The first-order valence-corrected chi connectivity index (χ1v) is 8.90. The number of anilines is 1. The summed E-state index contributed by atoms with van der Waals surface area (Å²) in [6, 6.07) is 15.5. The summed E-state index contributed by atoms with van der Waals surface area (Å²) in [6.07, 6.45) is 0.924. The number of nitrogens with one attached hydrogen (secondary N) is 2. The highest BCUT2D eigenvalue weighted by Gasteiger charge is 2.31. The average Bonchev–Trinajstić information content (AvgIpc) is 2.61. The topological polar surface area (TPSA) is 44.4 Å². The molecule has 1 heterocycles. The van der Waals surface area contributed by atoms with Crippen LogP contribution in [0.1, 0.15) is 37.4 Å². The Labute approximate surface area is 150 Å². The Hall–Kier alpha value is -2.17. The van der Waals surface area contributed by atoms with Gasteiger partial charge in [-0.3, -0.25) is 4.79 Å². The van der Waals surface area contributed by atoms with Crippen LogP contribution in [0.5, 0.6) is 0 Å². The third kappa shape index (κ3) is 3.46. The molecule has 0 radical (unpaired) electrons.